The highest BCUT2D eigenvalue weighted by Gasteiger charge is 2.31. The van der Waals surface area contributed by atoms with Gasteiger partial charge in [-0.05, 0) is 25.8 Å². The van der Waals surface area contributed by atoms with E-state index >= 15 is 0 Å². The Bertz CT molecular complexity index is 129. The topological polar surface area (TPSA) is 3.24 Å². The zero-order chi connectivity index (χ0) is 9.68. The van der Waals surface area contributed by atoms with Gasteiger partial charge in [-0.1, -0.05) is 13.3 Å². The Kier molecular flexibility index (Phi) is 5.45. The van der Waals surface area contributed by atoms with Crippen molar-refractivity contribution in [3.8, 4) is 0 Å². The maximum atomic E-state index is 5.92. The number of likely N-dealkylation sites (tertiary alicyclic amines) is 1. The molecule has 1 rings (SSSR count). The van der Waals surface area contributed by atoms with Crippen molar-refractivity contribution in [1.29, 1.82) is 0 Å². The molecule has 2 unspecified atom stereocenters. The number of unbranched alkanes of at least 4 members (excludes halogenated alkanes) is 1. The van der Waals surface area contributed by atoms with Gasteiger partial charge in [-0.3, -0.25) is 4.90 Å². The van der Waals surface area contributed by atoms with Gasteiger partial charge in [0.2, 0.25) is 0 Å². The van der Waals surface area contributed by atoms with Gasteiger partial charge < -0.3 is 0 Å². The lowest BCUT2D eigenvalue weighted by atomic mass is 10.2. The van der Waals surface area contributed by atoms with E-state index in [-0.39, 0.29) is 0 Å². The monoisotopic (exact) mass is 223 g/mol. The second kappa shape index (κ2) is 6.10. The fourth-order valence-electron chi connectivity index (χ4n) is 2.05. The van der Waals surface area contributed by atoms with Crippen molar-refractivity contribution >= 4 is 23.2 Å². The highest BCUT2D eigenvalue weighted by atomic mass is 35.5. The summed E-state index contributed by atoms with van der Waals surface area (Å²) in [6, 6.07) is 1.16. The van der Waals surface area contributed by atoms with Crippen LogP contribution in [0.15, 0.2) is 0 Å². The van der Waals surface area contributed by atoms with Crippen LogP contribution < -0.4 is 0 Å². The summed E-state index contributed by atoms with van der Waals surface area (Å²) in [5.74, 6) is 1.52. The third kappa shape index (κ3) is 3.00. The number of rotatable bonds is 5. The lowest BCUT2D eigenvalue weighted by Crippen LogP contribution is -2.38. The van der Waals surface area contributed by atoms with Crippen LogP contribution in [0.1, 0.15) is 32.6 Å². The molecule has 0 aliphatic carbocycles. The van der Waals surface area contributed by atoms with E-state index in [9.17, 15) is 0 Å². The molecule has 1 heterocycles. The SMILES string of the molecule is CCCCN1C(CCl)CCC1CCl. The van der Waals surface area contributed by atoms with Crippen molar-refractivity contribution in [3.63, 3.8) is 0 Å². The molecule has 3 heteroatoms. The smallest absolute Gasteiger partial charge is 0.0379 e. The minimum Gasteiger partial charge on any atom is -0.295 e. The van der Waals surface area contributed by atoms with Crippen LogP contribution >= 0.6 is 23.2 Å². The highest BCUT2D eigenvalue weighted by Crippen LogP contribution is 2.26. The summed E-state index contributed by atoms with van der Waals surface area (Å²) >= 11 is 11.8. The second-order valence-electron chi connectivity index (χ2n) is 3.78. The van der Waals surface area contributed by atoms with Crippen LogP contribution in [0.2, 0.25) is 0 Å². The lowest BCUT2D eigenvalue weighted by molar-refractivity contribution is 0.215. The predicted molar refractivity (Wildman–Crippen MR) is 59.9 cm³/mol. The third-order valence-electron chi connectivity index (χ3n) is 2.90. The Hall–Kier alpha value is 0.540. The van der Waals surface area contributed by atoms with E-state index in [1.165, 1.54) is 32.2 Å². The van der Waals surface area contributed by atoms with Gasteiger partial charge in [-0.25, -0.2) is 0 Å². The first-order valence-corrected chi connectivity index (χ1v) is 6.28. The van der Waals surface area contributed by atoms with Crippen molar-refractivity contribution in [2.24, 2.45) is 0 Å². The van der Waals surface area contributed by atoms with Crippen molar-refractivity contribution < 1.29 is 0 Å². The van der Waals surface area contributed by atoms with Crippen molar-refractivity contribution in [2.75, 3.05) is 18.3 Å². The fourth-order valence-corrected chi connectivity index (χ4v) is 2.72. The van der Waals surface area contributed by atoms with Crippen LogP contribution in [0, 0.1) is 0 Å². The minimum atomic E-state index is 0.581. The molecule has 0 aromatic rings. The Morgan fingerprint density at radius 1 is 1.15 bits per heavy atom. The fraction of sp³-hybridized carbons (Fsp3) is 1.00. The normalized spacial score (nSPS) is 29.8. The number of hydrogen-bond donors (Lipinski definition) is 0. The molecule has 0 radical (unpaired) electrons. The molecule has 0 spiro atoms. The summed E-state index contributed by atoms with van der Waals surface area (Å²) < 4.78 is 0. The summed E-state index contributed by atoms with van der Waals surface area (Å²) in [6.07, 6.45) is 4.97. The maximum absolute atomic E-state index is 5.92. The average molecular weight is 224 g/mol. The maximum Gasteiger partial charge on any atom is 0.0379 e. The van der Waals surface area contributed by atoms with E-state index < -0.39 is 0 Å². The van der Waals surface area contributed by atoms with Gasteiger partial charge in [0.15, 0.2) is 0 Å². The van der Waals surface area contributed by atoms with Gasteiger partial charge in [0.1, 0.15) is 0 Å². The molecule has 13 heavy (non-hydrogen) atoms. The van der Waals surface area contributed by atoms with E-state index in [1.807, 2.05) is 0 Å². The standard InChI is InChI=1S/C10H19Cl2N/c1-2-3-6-13-9(7-11)4-5-10(13)8-12/h9-10H,2-8H2,1H3. The zero-order valence-corrected chi connectivity index (χ0v) is 9.82. The number of nitrogens with zero attached hydrogens (tertiary/aromatic N) is 1. The highest BCUT2D eigenvalue weighted by molar-refractivity contribution is 6.18. The molecule has 0 amide bonds. The first kappa shape index (κ1) is 11.6. The Morgan fingerprint density at radius 3 is 2.08 bits per heavy atom. The predicted octanol–water partition coefficient (Wildman–Crippen LogP) is 3.10. The lowest BCUT2D eigenvalue weighted by Gasteiger charge is -2.27. The van der Waals surface area contributed by atoms with E-state index in [1.54, 1.807) is 0 Å². The molecule has 1 fully saturated rings. The van der Waals surface area contributed by atoms with E-state index in [0.717, 1.165) is 11.8 Å². The van der Waals surface area contributed by atoms with Gasteiger partial charge in [-0.2, -0.15) is 0 Å². The van der Waals surface area contributed by atoms with E-state index in [4.69, 9.17) is 23.2 Å². The largest absolute Gasteiger partial charge is 0.295 e. The molecule has 1 aliphatic rings. The molecule has 0 aromatic heterocycles. The molecule has 78 valence electrons. The summed E-state index contributed by atoms with van der Waals surface area (Å²) in [4.78, 5) is 2.50. The first-order chi connectivity index (χ1) is 6.33. The Morgan fingerprint density at radius 2 is 1.69 bits per heavy atom. The van der Waals surface area contributed by atoms with Crippen LogP contribution in [0.5, 0.6) is 0 Å². The summed E-state index contributed by atoms with van der Waals surface area (Å²) in [5, 5.41) is 0. The molecule has 1 saturated heterocycles. The second-order valence-corrected chi connectivity index (χ2v) is 4.40. The average Bonchev–Trinajstić information content (AvgIpc) is 2.56. The van der Waals surface area contributed by atoms with Gasteiger partial charge in [0.05, 0.1) is 0 Å². The summed E-state index contributed by atoms with van der Waals surface area (Å²) in [7, 11) is 0. The van der Waals surface area contributed by atoms with Crippen molar-refractivity contribution in [2.45, 2.75) is 44.7 Å². The molecule has 0 N–H and O–H groups in total. The third-order valence-corrected chi connectivity index (χ3v) is 3.61. The number of alkyl halides is 2. The van der Waals surface area contributed by atoms with Crippen LogP contribution in [-0.2, 0) is 0 Å². The van der Waals surface area contributed by atoms with Crippen LogP contribution in [0.4, 0.5) is 0 Å². The zero-order valence-electron chi connectivity index (χ0n) is 8.31. The molecule has 1 nitrogen and oxygen atoms in total. The van der Waals surface area contributed by atoms with Gasteiger partial charge in [0, 0.05) is 23.8 Å². The van der Waals surface area contributed by atoms with Crippen LogP contribution in [0.3, 0.4) is 0 Å². The minimum absolute atomic E-state index is 0.581. The number of hydrogen-bond acceptors (Lipinski definition) is 1. The summed E-state index contributed by atoms with van der Waals surface area (Å²) in [5.41, 5.74) is 0. The molecule has 0 saturated carbocycles. The molecule has 0 bridgehead atoms. The summed E-state index contributed by atoms with van der Waals surface area (Å²) in [6.45, 7) is 3.40. The van der Waals surface area contributed by atoms with E-state index in [2.05, 4.69) is 11.8 Å². The van der Waals surface area contributed by atoms with Gasteiger partial charge >= 0.3 is 0 Å². The van der Waals surface area contributed by atoms with Crippen molar-refractivity contribution in [3.05, 3.63) is 0 Å². The van der Waals surface area contributed by atoms with Crippen molar-refractivity contribution in [1.82, 2.24) is 4.90 Å². The molecular formula is C10H19Cl2N. The number of halogens is 2. The van der Waals surface area contributed by atoms with E-state index in [0.29, 0.717) is 12.1 Å². The van der Waals surface area contributed by atoms with Crippen LogP contribution in [0.25, 0.3) is 0 Å². The van der Waals surface area contributed by atoms with Gasteiger partial charge in [-0.15, -0.1) is 23.2 Å². The quantitative estimate of drug-likeness (QED) is 0.648. The van der Waals surface area contributed by atoms with Gasteiger partial charge in [0.25, 0.3) is 0 Å². The van der Waals surface area contributed by atoms with Crippen LogP contribution in [-0.4, -0.2) is 35.3 Å². The first-order valence-electron chi connectivity index (χ1n) is 5.21. The molecule has 1 aliphatic heterocycles. The molecular weight excluding hydrogens is 205 g/mol. The Labute approximate surface area is 91.4 Å². The molecule has 2 atom stereocenters. The molecule has 0 aromatic carbocycles. The Balaban J connectivity index is 2.41.